The molecule has 104 valence electrons. The van der Waals surface area contributed by atoms with Crippen molar-refractivity contribution >= 4 is 12.2 Å². The van der Waals surface area contributed by atoms with E-state index >= 15 is 0 Å². The zero-order chi connectivity index (χ0) is 14.3. The molecule has 2 aliphatic carbocycles. The van der Waals surface area contributed by atoms with Gasteiger partial charge >= 0.3 is 0 Å². The molecule has 2 unspecified atom stereocenters. The fraction of sp³-hybridized carbons (Fsp3) is 0.400. The molecule has 0 bridgehead atoms. The average molecular weight is 264 g/mol. The molecule has 1 aromatic carbocycles. The Hall–Kier alpha value is -1.56. The summed E-state index contributed by atoms with van der Waals surface area (Å²) in [6, 6.07) is 4.46. The minimum atomic E-state index is 0.689. The molecular weight excluding hydrogens is 240 g/mol. The summed E-state index contributed by atoms with van der Waals surface area (Å²) >= 11 is 0. The highest BCUT2D eigenvalue weighted by atomic mass is 14.3. The molecule has 0 nitrogen and oxygen atoms in total. The highest BCUT2D eigenvalue weighted by Gasteiger charge is 2.22. The summed E-state index contributed by atoms with van der Waals surface area (Å²) in [6.07, 6.45) is 12.1. The Bertz CT molecular complexity index is 571. The van der Waals surface area contributed by atoms with Gasteiger partial charge in [0.25, 0.3) is 0 Å². The third kappa shape index (κ3) is 2.18. The lowest BCUT2D eigenvalue weighted by Gasteiger charge is -2.29. The van der Waals surface area contributed by atoms with E-state index in [0.717, 1.165) is 0 Å². The summed E-state index contributed by atoms with van der Waals surface area (Å²) in [6.45, 7) is 9.15. The topological polar surface area (TPSA) is 0 Å². The molecule has 2 aliphatic rings. The number of hydrogen-bond acceptors (Lipinski definition) is 0. The smallest absolute Gasteiger partial charge is 0.0152 e. The fourth-order valence-electron chi connectivity index (χ4n) is 3.54. The van der Waals surface area contributed by atoms with Crippen molar-refractivity contribution in [2.24, 2.45) is 11.8 Å². The number of rotatable bonds is 0. The highest BCUT2D eigenvalue weighted by Crippen LogP contribution is 2.38. The number of benzene rings is 1. The van der Waals surface area contributed by atoms with Gasteiger partial charge in [0, 0.05) is 0 Å². The first-order valence-corrected chi connectivity index (χ1v) is 7.78. The van der Waals surface area contributed by atoms with E-state index in [4.69, 9.17) is 0 Å². The van der Waals surface area contributed by atoms with E-state index in [0.29, 0.717) is 11.8 Å². The van der Waals surface area contributed by atoms with Crippen molar-refractivity contribution in [1.82, 2.24) is 0 Å². The maximum absolute atomic E-state index is 2.38. The van der Waals surface area contributed by atoms with Crippen LogP contribution in [0, 0.1) is 25.7 Å². The van der Waals surface area contributed by atoms with Crippen molar-refractivity contribution < 1.29 is 0 Å². The van der Waals surface area contributed by atoms with Crippen molar-refractivity contribution in [3.8, 4) is 0 Å². The standard InChI is InChI=1S/C20H24/c1-13-5-6-14(2)18-11-12-20-16(4)8-7-15(3)19(20)10-9-17(13)18/h5-6,9-12,15-16H,7-8H2,1-4H3/b10-9-,12-11-,17-9?,18-11?,19-10?,20-12?. The lowest BCUT2D eigenvalue weighted by Crippen LogP contribution is -2.14. The molecule has 3 rings (SSSR count). The Labute approximate surface area is 122 Å². The van der Waals surface area contributed by atoms with Crippen LogP contribution >= 0.6 is 0 Å². The maximum Gasteiger partial charge on any atom is -0.0152 e. The van der Waals surface area contributed by atoms with Gasteiger partial charge in [0.2, 0.25) is 0 Å². The van der Waals surface area contributed by atoms with Crippen LogP contribution in [0.3, 0.4) is 0 Å². The molecule has 20 heavy (non-hydrogen) atoms. The summed E-state index contributed by atoms with van der Waals surface area (Å²) in [4.78, 5) is 0. The van der Waals surface area contributed by atoms with Crippen LogP contribution in [-0.2, 0) is 0 Å². The van der Waals surface area contributed by atoms with Gasteiger partial charge in [0.15, 0.2) is 0 Å². The van der Waals surface area contributed by atoms with E-state index in [1.807, 2.05) is 0 Å². The van der Waals surface area contributed by atoms with E-state index in [2.05, 4.69) is 64.1 Å². The van der Waals surface area contributed by atoms with Crippen LogP contribution in [0.15, 0.2) is 35.4 Å². The second kappa shape index (κ2) is 5.09. The van der Waals surface area contributed by atoms with Crippen LogP contribution in [0.25, 0.3) is 12.2 Å². The lowest BCUT2D eigenvalue weighted by atomic mass is 9.76. The minimum Gasteiger partial charge on any atom is -0.0584 e. The van der Waals surface area contributed by atoms with E-state index in [9.17, 15) is 0 Å². The van der Waals surface area contributed by atoms with Crippen molar-refractivity contribution in [2.75, 3.05) is 0 Å². The van der Waals surface area contributed by atoms with Gasteiger partial charge in [-0.3, -0.25) is 0 Å². The average Bonchev–Trinajstić information content (AvgIpc) is 2.39. The Balaban J connectivity index is 2.18. The summed E-state index contributed by atoms with van der Waals surface area (Å²) in [5.74, 6) is 1.38. The molecule has 0 heteroatoms. The molecule has 0 spiro atoms. The third-order valence-corrected chi connectivity index (χ3v) is 5.01. The predicted molar refractivity (Wildman–Crippen MR) is 88.6 cm³/mol. The lowest BCUT2D eigenvalue weighted by molar-refractivity contribution is 0.471. The van der Waals surface area contributed by atoms with Gasteiger partial charge in [-0.05, 0) is 71.9 Å². The molecule has 0 amide bonds. The molecule has 0 saturated carbocycles. The van der Waals surface area contributed by atoms with E-state index < -0.39 is 0 Å². The van der Waals surface area contributed by atoms with Gasteiger partial charge in [-0.15, -0.1) is 0 Å². The van der Waals surface area contributed by atoms with Gasteiger partial charge in [0.1, 0.15) is 0 Å². The minimum absolute atomic E-state index is 0.689. The normalized spacial score (nSPS) is 28.2. The zero-order valence-electron chi connectivity index (χ0n) is 13.0. The van der Waals surface area contributed by atoms with Crippen molar-refractivity contribution in [3.63, 3.8) is 0 Å². The molecule has 0 aliphatic heterocycles. The van der Waals surface area contributed by atoms with Crippen LogP contribution in [0.1, 0.15) is 48.9 Å². The molecule has 0 saturated heterocycles. The van der Waals surface area contributed by atoms with Gasteiger partial charge in [0.05, 0.1) is 0 Å². The first-order valence-electron chi connectivity index (χ1n) is 7.78. The molecular formula is C20H24. The molecule has 0 fully saturated rings. The number of fused-ring (bicyclic) bond motifs is 1. The van der Waals surface area contributed by atoms with Crippen LogP contribution in [0.4, 0.5) is 0 Å². The second-order valence-electron chi connectivity index (χ2n) is 6.48. The quantitative estimate of drug-likeness (QED) is 0.563. The first-order chi connectivity index (χ1) is 9.58. The first kappa shape index (κ1) is 13.4. The number of hydrogen-bond donors (Lipinski definition) is 0. The van der Waals surface area contributed by atoms with Crippen LogP contribution in [0.5, 0.6) is 0 Å². The predicted octanol–water partition coefficient (Wildman–Crippen LogP) is 5.71. The SMILES string of the molecule is Cc1ccc(C)c2c1/C=C\C1=C(/C=C\2)C(C)CCC1C. The van der Waals surface area contributed by atoms with Gasteiger partial charge < -0.3 is 0 Å². The van der Waals surface area contributed by atoms with Crippen molar-refractivity contribution in [3.05, 3.63) is 57.7 Å². The van der Waals surface area contributed by atoms with Crippen molar-refractivity contribution in [1.29, 1.82) is 0 Å². The maximum atomic E-state index is 2.38. The molecule has 0 heterocycles. The Morgan fingerprint density at radius 2 is 1.10 bits per heavy atom. The molecule has 0 N–H and O–H groups in total. The molecule has 0 radical (unpaired) electrons. The molecule has 1 aromatic rings. The largest absolute Gasteiger partial charge is 0.0584 e. The summed E-state index contributed by atoms with van der Waals surface area (Å²) in [5, 5.41) is 0. The fourth-order valence-corrected chi connectivity index (χ4v) is 3.54. The monoisotopic (exact) mass is 264 g/mol. The summed E-state index contributed by atoms with van der Waals surface area (Å²) in [5.41, 5.74) is 8.61. The van der Waals surface area contributed by atoms with Crippen molar-refractivity contribution in [2.45, 2.75) is 40.5 Å². The summed E-state index contributed by atoms with van der Waals surface area (Å²) in [7, 11) is 0. The van der Waals surface area contributed by atoms with Gasteiger partial charge in [-0.1, -0.05) is 50.3 Å². The van der Waals surface area contributed by atoms with E-state index in [1.54, 1.807) is 11.1 Å². The van der Waals surface area contributed by atoms with Crippen LogP contribution in [0.2, 0.25) is 0 Å². The Morgan fingerprint density at radius 3 is 1.50 bits per heavy atom. The molecule has 2 atom stereocenters. The van der Waals surface area contributed by atoms with Gasteiger partial charge in [-0.25, -0.2) is 0 Å². The Morgan fingerprint density at radius 1 is 0.700 bits per heavy atom. The zero-order valence-corrected chi connectivity index (χ0v) is 13.0. The van der Waals surface area contributed by atoms with Gasteiger partial charge in [-0.2, -0.15) is 0 Å². The Kier molecular flexibility index (Phi) is 3.41. The number of aryl methyl sites for hydroxylation is 2. The van der Waals surface area contributed by atoms with E-state index in [1.165, 1.54) is 35.1 Å². The van der Waals surface area contributed by atoms with Crippen LogP contribution < -0.4 is 0 Å². The third-order valence-electron chi connectivity index (χ3n) is 5.01. The van der Waals surface area contributed by atoms with E-state index in [-0.39, 0.29) is 0 Å². The molecule has 0 aromatic heterocycles. The summed E-state index contributed by atoms with van der Waals surface area (Å²) < 4.78 is 0. The second-order valence-corrected chi connectivity index (χ2v) is 6.48. The van der Waals surface area contributed by atoms with Crippen LogP contribution in [-0.4, -0.2) is 0 Å². The number of allylic oxidation sites excluding steroid dienone is 4. The highest BCUT2D eigenvalue weighted by molar-refractivity contribution is 5.74.